The maximum Gasteiger partial charge on any atom is 0.331 e. The second kappa shape index (κ2) is 6.92. The van der Waals surface area contributed by atoms with E-state index in [-0.39, 0.29) is 11.9 Å². The zero-order valence-electron chi connectivity index (χ0n) is 12.2. The lowest BCUT2D eigenvalue weighted by atomic mass is 10.2. The monoisotopic (exact) mass is 289 g/mol. The molecule has 0 radical (unpaired) electrons. The number of carbonyl (C=O) groups is 2. The average Bonchev–Trinajstić information content (AvgIpc) is 3.29. The third-order valence-electron chi connectivity index (χ3n) is 3.12. The summed E-state index contributed by atoms with van der Waals surface area (Å²) in [4.78, 5) is 23.4. The fourth-order valence-corrected chi connectivity index (χ4v) is 1.78. The molecule has 5 nitrogen and oxygen atoms in total. The fourth-order valence-electron chi connectivity index (χ4n) is 1.78. The lowest BCUT2D eigenvalue weighted by Gasteiger charge is -2.11. The Bertz CT molecular complexity index is 549. The Kier molecular flexibility index (Phi) is 4.98. The second-order valence-corrected chi connectivity index (χ2v) is 4.94. The number of hydrogen-bond donors (Lipinski definition) is 1. The fraction of sp³-hybridized carbons (Fsp3) is 0.375. The van der Waals surface area contributed by atoms with Gasteiger partial charge in [-0.05, 0) is 31.9 Å². The topological polar surface area (TPSA) is 64.6 Å². The molecule has 5 heteroatoms. The minimum Gasteiger partial charge on any atom is -0.496 e. The Morgan fingerprint density at radius 1 is 1.33 bits per heavy atom. The summed E-state index contributed by atoms with van der Waals surface area (Å²) in [6.07, 6.45) is 4.10. The molecule has 1 N–H and O–H groups in total. The smallest absolute Gasteiger partial charge is 0.331 e. The molecule has 0 heterocycles. The summed E-state index contributed by atoms with van der Waals surface area (Å²) < 4.78 is 10.2. The lowest BCUT2D eigenvalue weighted by Crippen LogP contribution is -2.36. The summed E-state index contributed by atoms with van der Waals surface area (Å²) in [5.41, 5.74) is 0.770. The van der Waals surface area contributed by atoms with Crippen molar-refractivity contribution in [2.75, 3.05) is 7.11 Å². The molecule has 0 aliphatic heterocycles. The summed E-state index contributed by atoms with van der Waals surface area (Å²) >= 11 is 0. The van der Waals surface area contributed by atoms with Gasteiger partial charge >= 0.3 is 5.97 Å². The van der Waals surface area contributed by atoms with E-state index in [1.165, 1.54) is 6.08 Å². The molecule has 1 atom stereocenters. The van der Waals surface area contributed by atoms with E-state index in [2.05, 4.69) is 5.32 Å². The van der Waals surface area contributed by atoms with Gasteiger partial charge in [0.25, 0.3) is 5.91 Å². The first-order valence-corrected chi connectivity index (χ1v) is 6.92. The van der Waals surface area contributed by atoms with Crippen LogP contribution in [0.2, 0.25) is 0 Å². The van der Waals surface area contributed by atoms with Gasteiger partial charge in [-0.2, -0.15) is 0 Å². The normalized spacial score (nSPS) is 15.5. The number of rotatable bonds is 6. The molecule has 112 valence electrons. The van der Waals surface area contributed by atoms with Gasteiger partial charge in [-0.1, -0.05) is 18.2 Å². The zero-order valence-corrected chi connectivity index (χ0v) is 12.2. The number of methoxy groups -OCH3 is 1. The molecule has 0 spiro atoms. The van der Waals surface area contributed by atoms with E-state index >= 15 is 0 Å². The van der Waals surface area contributed by atoms with Crippen LogP contribution in [-0.2, 0) is 14.3 Å². The Balaban J connectivity index is 1.88. The van der Waals surface area contributed by atoms with Crippen molar-refractivity contribution < 1.29 is 19.1 Å². The molecule has 1 amide bonds. The van der Waals surface area contributed by atoms with Crippen molar-refractivity contribution >= 4 is 18.0 Å². The van der Waals surface area contributed by atoms with Crippen LogP contribution in [0.4, 0.5) is 0 Å². The van der Waals surface area contributed by atoms with Crippen LogP contribution < -0.4 is 10.1 Å². The quantitative estimate of drug-likeness (QED) is 0.642. The highest BCUT2D eigenvalue weighted by atomic mass is 16.5. The Hall–Kier alpha value is -2.30. The van der Waals surface area contributed by atoms with E-state index in [4.69, 9.17) is 9.47 Å². The van der Waals surface area contributed by atoms with Crippen molar-refractivity contribution in [3.63, 3.8) is 0 Å². The van der Waals surface area contributed by atoms with Crippen molar-refractivity contribution in [2.24, 2.45) is 0 Å². The van der Waals surface area contributed by atoms with Crippen molar-refractivity contribution in [2.45, 2.75) is 31.9 Å². The number of esters is 1. The molecule has 1 saturated carbocycles. The van der Waals surface area contributed by atoms with Crippen molar-refractivity contribution in [3.05, 3.63) is 35.9 Å². The van der Waals surface area contributed by atoms with E-state index in [0.29, 0.717) is 5.75 Å². The molecular weight excluding hydrogens is 270 g/mol. The van der Waals surface area contributed by atoms with Crippen molar-refractivity contribution in [1.29, 1.82) is 0 Å². The van der Waals surface area contributed by atoms with E-state index in [1.54, 1.807) is 26.2 Å². The zero-order chi connectivity index (χ0) is 15.2. The largest absolute Gasteiger partial charge is 0.496 e. The summed E-state index contributed by atoms with van der Waals surface area (Å²) in [7, 11) is 1.56. The molecule has 1 fully saturated rings. The maximum atomic E-state index is 11.7. The van der Waals surface area contributed by atoms with Gasteiger partial charge in [-0.25, -0.2) is 4.79 Å². The van der Waals surface area contributed by atoms with Crippen LogP contribution in [0.15, 0.2) is 30.3 Å². The van der Waals surface area contributed by atoms with Crippen LogP contribution in [0.3, 0.4) is 0 Å². The number of ether oxygens (including phenoxy) is 2. The second-order valence-electron chi connectivity index (χ2n) is 4.94. The van der Waals surface area contributed by atoms with Gasteiger partial charge in [0.1, 0.15) is 5.75 Å². The van der Waals surface area contributed by atoms with Crippen LogP contribution in [0.5, 0.6) is 5.75 Å². The van der Waals surface area contributed by atoms with E-state index in [9.17, 15) is 9.59 Å². The van der Waals surface area contributed by atoms with Crippen molar-refractivity contribution in [3.8, 4) is 5.75 Å². The van der Waals surface area contributed by atoms with Gasteiger partial charge in [0.05, 0.1) is 7.11 Å². The minimum atomic E-state index is -0.791. The molecule has 1 aliphatic carbocycles. The van der Waals surface area contributed by atoms with Crippen LogP contribution in [0.1, 0.15) is 25.3 Å². The highest BCUT2D eigenvalue weighted by molar-refractivity contribution is 5.90. The minimum absolute atomic E-state index is 0.253. The number of hydrogen-bond acceptors (Lipinski definition) is 4. The highest BCUT2D eigenvalue weighted by Crippen LogP contribution is 2.19. The van der Waals surface area contributed by atoms with Gasteiger partial charge in [-0.15, -0.1) is 0 Å². The molecule has 0 aromatic heterocycles. The number of benzene rings is 1. The highest BCUT2D eigenvalue weighted by Gasteiger charge is 2.26. The van der Waals surface area contributed by atoms with Gasteiger partial charge in [0, 0.05) is 17.7 Å². The summed E-state index contributed by atoms with van der Waals surface area (Å²) in [5, 5.41) is 2.79. The standard InChI is InChI=1S/C16H19NO4/c1-11(16(19)17-13-8-9-13)21-15(18)10-7-12-5-3-4-6-14(12)20-2/h3-7,10-11,13H,8-9H2,1-2H3,(H,17,19)/b10-7+/t11-/m0/s1. The Morgan fingerprint density at radius 3 is 2.71 bits per heavy atom. The first kappa shape index (κ1) is 15.1. The molecular formula is C16H19NO4. The number of amides is 1. The predicted molar refractivity (Wildman–Crippen MR) is 78.7 cm³/mol. The third kappa shape index (κ3) is 4.63. The van der Waals surface area contributed by atoms with E-state index in [1.807, 2.05) is 18.2 Å². The number of nitrogens with one attached hydrogen (secondary N) is 1. The number of carbonyl (C=O) groups excluding carboxylic acids is 2. The molecule has 21 heavy (non-hydrogen) atoms. The predicted octanol–water partition coefficient (Wildman–Crippen LogP) is 1.92. The van der Waals surface area contributed by atoms with Crippen LogP contribution in [0, 0.1) is 0 Å². The molecule has 2 rings (SSSR count). The SMILES string of the molecule is COc1ccccc1/C=C/C(=O)O[C@@H](C)C(=O)NC1CC1. The molecule has 1 aromatic rings. The lowest BCUT2D eigenvalue weighted by molar-refractivity contribution is -0.150. The summed E-state index contributed by atoms with van der Waals surface area (Å²) in [6.45, 7) is 1.56. The number of para-hydroxylation sites is 1. The van der Waals surface area contributed by atoms with Crippen LogP contribution in [-0.4, -0.2) is 31.1 Å². The van der Waals surface area contributed by atoms with Gasteiger partial charge in [0.2, 0.25) is 0 Å². The average molecular weight is 289 g/mol. The molecule has 0 saturated heterocycles. The van der Waals surface area contributed by atoms with E-state index < -0.39 is 12.1 Å². The van der Waals surface area contributed by atoms with Gasteiger partial charge < -0.3 is 14.8 Å². The summed E-state index contributed by atoms with van der Waals surface area (Å²) in [6, 6.07) is 7.57. The first-order valence-electron chi connectivity index (χ1n) is 6.92. The Labute approximate surface area is 123 Å². The Morgan fingerprint density at radius 2 is 2.05 bits per heavy atom. The van der Waals surface area contributed by atoms with E-state index in [0.717, 1.165) is 18.4 Å². The molecule has 0 unspecified atom stereocenters. The van der Waals surface area contributed by atoms with Crippen molar-refractivity contribution in [1.82, 2.24) is 5.32 Å². The van der Waals surface area contributed by atoms with Crippen LogP contribution in [0.25, 0.3) is 6.08 Å². The first-order chi connectivity index (χ1) is 10.1. The summed E-state index contributed by atoms with van der Waals surface area (Å²) in [5.74, 6) is -0.142. The van der Waals surface area contributed by atoms with Gasteiger partial charge in [-0.3, -0.25) is 4.79 Å². The molecule has 1 aliphatic rings. The molecule has 0 bridgehead atoms. The third-order valence-corrected chi connectivity index (χ3v) is 3.12. The van der Waals surface area contributed by atoms with Gasteiger partial charge in [0.15, 0.2) is 6.10 Å². The maximum absolute atomic E-state index is 11.7. The van der Waals surface area contributed by atoms with Crippen LogP contribution >= 0.6 is 0 Å². The molecule has 1 aromatic carbocycles.